The zero-order chi connectivity index (χ0) is 24.8. The average molecular weight is 471 g/mol. The number of ether oxygens (including phenoxy) is 3. The molecular weight excluding hydrogens is 446 g/mol. The van der Waals surface area contributed by atoms with E-state index in [1.165, 1.54) is 13.8 Å². The van der Waals surface area contributed by atoms with E-state index in [1.54, 1.807) is 20.8 Å². The Bertz CT molecular complexity index is 1090. The Balaban J connectivity index is 1.97. The van der Waals surface area contributed by atoms with Gasteiger partial charge in [-0.05, 0) is 41.0 Å². The molecule has 2 rings (SSSR count). The second-order valence-electron chi connectivity index (χ2n) is 7.87. The van der Waals surface area contributed by atoms with Crippen LogP contribution in [0.5, 0.6) is 0 Å². The molecule has 13 nitrogen and oxygen atoms in total. The van der Waals surface area contributed by atoms with E-state index in [9.17, 15) is 24.0 Å². The zero-order valence-corrected chi connectivity index (χ0v) is 18.8. The molecule has 0 saturated heterocycles. The summed E-state index contributed by atoms with van der Waals surface area (Å²) in [7, 11) is 0. The van der Waals surface area contributed by atoms with Gasteiger partial charge < -0.3 is 37.2 Å². The van der Waals surface area contributed by atoms with Crippen molar-refractivity contribution in [3.05, 3.63) is 44.3 Å². The molecule has 0 saturated carbocycles. The molecular formula is C20H25NO12. The van der Waals surface area contributed by atoms with Crippen LogP contribution in [0.3, 0.4) is 0 Å². The maximum Gasteiger partial charge on any atom is 0.519 e. The molecule has 1 atom stereocenters. The van der Waals surface area contributed by atoms with Crippen molar-refractivity contribution in [1.29, 1.82) is 0 Å². The van der Waals surface area contributed by atoms with Crippen LogP contribution >= 0.6 is 0 Å². The van der Waals surface area contributed by atoms with Crippen molar-refractivity contribution in [2.24, 2.45) is 0 Å². The molecule has 182 valence electrons. The van der Waals surface area contributed by atoms with E-state index in [4.69, 9.17) is 23.0 Å². The Labute approximate surface area is 186 Å². The highest BCUT2D eigenvalue weighted by Crippen LogP contribution is 2.12. The Morgan fingerprint density at radius 2 is 1.39 bits per heavy atom. The Morgan fingerprint density at radius 1 is 0.879 bits per heavy atom. The molecule has 1 amide bonds. The molecule has 0 bridgehead atoms. The van der Waals surface area contributed by atoms with Gasteiger partial charge in [0.1, 0.15) is 11.6 Å². The molecule has 1 N–H and O–H groups in total. The highest BCUT2D eigenvalue weighted by atomic mass is 16.6. The summed E-state index contributed by atoms with van der Waals surface area (Å²) in [6.07, 6.45) is -1.39. The number of amides is 1. The molecule has 0 aliphatic rings. The normalized spacial score (nSPS) is 12.2. The van der Waals surface area contributed by atoms with Crippen LogP contribution in [0, 0.1) is 13.8 Å². The number of alkyl carbamates (subject to hydrolysis) is 1. The summed E-state index contributed by atoms with van der Waals surface area (Å²) in [5.41, 5.74) is -0.832. The monoisotopic (exact) mass is 471 g/mol. The van der Waals surface area contributed by atoms with Crippen molar-refractivity contribution in [3.8, 4) is 0 Å². The topological polar surface area (TPSA) is 178 Å². The summed E-state index contributed by atoms with van der Waals surface area (Å²) in [5, 5.41) is 2.34. The summed E-state index contributed by atoms with van der Waals surface area (Å²) >= 11 is 0. The summed E-state index contributed by atoms with van der Waals surface area (Å²) in [4.78, 5) is 58.8. The second-order valence-corrected chi connectivity index (χ2v) is 7.87. The van der Waals surface area contributed by atoms with Crippen molar-refractivity contribution in [1.82, 2.24) is 5.32 Å². The van der Waals surface area contributed by atoms with Crippen molar-refractivity contribution in [3.63, 3.8) is 0 Å². The van der Waals surface area contributed by atoms with Gasteiger partial charge in [0.2, 0.25) is 0 Å². The van der Waals surface area contributed by atoms with E-state index in [0.717, 1.165) is 0 Å². The van der Waals surface area contributed by atoms with Crippen LogP contribution in [0.2, 0.25) is 0 Å². The third-order valence-electron chi connectivity index (χ3n) is 3.99. The lowest BCUT2D eigenvalue weighted by molar-refractivity contribution is -0.149. The van der Waals surface area contributed by atoms with Gasteiger partial charge in [0.15, 0.2) is 36.3 Å². The summed E-state index contributed by atoms with van der Waals surface area (Å²) < 4.78 is 34.0. The summed E-state index contributed by atoms with van der Waals surface area (Å²) in [5.74, 6) is -3.17. The van der Waals surface area contributed by atoms with Crippen molar-refractivity contribution < 1.29 is 46.3 Å². The number of carbonyl (C=O) groups excluding carboxylic acids is 3. The lowest BCUT2D eigenvalue weighted by atomic mass is 10.1. The smallest absolute Gasteiger partial charge is 0.457 e. The third kappa shape index (κ3) is 8.35. The van der Waals surface area contributed by atoms with Gasteiger partial charge in [-0.15, -0.1) is 0 Å². The third-order valence-corrected chi connectivity index (χ3v) is 3.99. The fraction of sp³-hybridized carbons (Fsp3) is 0.550. The molecule has 0 fully saturated rings. The van der Waals surface area contributed by atoms with Gasteiger partial charge in [-0.2, -0.15) is 0 Å². The Kier molecular flexibility index (Phi) is 8.26. The van der Waals surface area contributed by atoms with Crippen molar-refractivity contribution >= 4 is 18.0 Å². The molecule has 33 heavy (non-hydrogen) atoms. The number of aryl methyl sites for hydroxylation is 2. The summed E-state index contributed by atoms with van der Waals surface area (Å²) in [6, 6.07) is -1.28. The number of hydrogen-bond acceptors (Lipinski definition) is 12. The standard InChI is InChI=1S/C20H25NO12/c1-10-13(31-18(25)29-10)8-27-15(22)7-6-12(21-17(24)33-20(3,4)5)16(23)28-9-14-11(2)30-19(26)32-14/h12H,6-9H2,1-5H3,(H,21,24)/t12-/m0/s1. The SMILES string of the molecule is Cc1oc(=O)oc1COC(=O)CC[C@H](NC(=O)OC(C)(C)C)C(=O)OCc1oc(=O)oc1C. The van der Waals surface area contributed by atoms with E-state index in [2.05, 4.69) is 14.2 Å². The lowest BCUT2D eigenvalue weighted by Crippen LogP contribution is -2.44. The van der Waals surface area contributed by atoms with Gasteiger partial charge in [-0.25, -0.2) is 19.2 Å². The first-order chi connectivity index (χ1) is 15.3. The van der Waals surface area contributed by atoms with E-state index < -0.39 is 47.9 Å². The fourth-order valence-electron chi connectivity index (χ4n) is 2.43. The first kappa shape index (κ1) is 25.5. The minimum absolute atomic E-state index is 0.000696. The van der Waals surface area contributed by atoms with E-state index in [-0.39, 0.29) is 42.5 Å². The fourth-order valence-corrected chi connectivity index (χ4v) is 2.43. The van der Waals surface area contributed by atoms with Gasteiger partial charge in [0, 0.05) is 6.42 Å². The molecule has 2 aromatic rings. The van der Waals surface area contributed by atoms with Gasteiger partial charge >= 0.3 is 29.7 Å². The maximum absolute atomic E-state index is 12.5. The second kappa shape index (κ2) is 10.7. The average Bonchev–Trinajstić information content (AvgIpc) is 3.18. The molecule has 0 aliphatic heterocycles. The molecule has 0 spiro atoms. The molecule has 13 heteroatoms. The zero-order valence-electron chi connectivity index (χ0n) is 18.8. The number of nitrogens with one attached hydrogen (secondary N) is 1. The predicted octanol–water partition coefficient (Wildman–Crippen LogP) is 1.86. The number of esters is 2. The highest BCUT2D eigenvalue weighted by molar-refractivity contribution is 5.82. The molecule has 2 heterocycles. The van der Waals surface area contributed by atoms with Crippen LogP contribution in [0.15, 0.2) is 27.3 Å². The minimum atomic E-state index is -1.28. The van der Waals surface area contributed by atoms with Crippen LogP contribution in [-0.2, 0) is 37.0 Å². The Morgan fingerprint density at radius 3 is 1.85 bits per heavy atom. The number of rotatable bonds is 9. The number of hydrogen-bond donors (Lipinski definition) is 1. The maximum atomic E-state index is 12.5. The highest BCUT2D eigenvalue weighted by Gasteiger charge is 2.27. The minimum Gasteiger partial charge on any atom is -0.457 e. The number of carbonyl (C=O) groups is 3. The van der Waals surface area contributed by atoms with Gasteiger partial charge in [0.25, 0.3) is 0 Å². The molecule has 0 aliphatic carbocycles. The molecule has 2 aromatic heterocycles. The van der Waals surface area contributed by atoms with E-state index in [0.29, 0.717) is 0 Å². The summed E-state index contributed by atoms with van der Waals surface area (Å²) in [6.45, 7) is 7.06. The van der Waals surface area contributed by atoms with Gasteiger partial charge in [0.05, 0.1) is 0 Å². The van der Waals surface area contributed by atoms with Crippen LogP contribution < -0.4 is 17.0 Å². The molecule has 0 unspecified atom stereocenters. The molecule has 0 aromatic carbocycles. The van der Waals surface area contributed by atoms with Gasteiger partial charge in [-0.1, -0.05) is 0 Å². The Hall–Kier alpha value is -3.77. The lowest BCUT2D eigenvalue weighted by Gasteiger charge is -2.22. The van der Waals surface area contributed by atoms with Gasteiger partial charge in [-0.3, -0.25) is 4.79 Å². The van der Waals surface area contributed by atoms with Crippen LogP contribution in [0.4, 0.5) is 4.79 Å². The predicted molar refractivity (Wildman–Crippen MR) is 106 cm³/mol. The quantitative estimate of drug-likeness (QED) is 0.415. The van der Waals surface area contributed by atoms with E-state index >= 15 is 0 Å². The van der Waals surface area contributed by atoms with Crippen LogP contribution in [0.25, 0.3) is 0 Å². The van der Waals surface area contributed by atoms with Crippen LogP contribution in [0.1, 0.15) is 56.7 Å². The van der Waals surface area contributed by atoms with E-state index in [1.807, 2.05) is 0 Å². The molecule has 0 radical (unpaired) electrons. The van der Waals surface area contributed by atoms with Crippen molar-refractivity contribution in [2.75, 3.05) is 0 Å². The van der Waals surface area contributed by atoms with Crippen molar-refractivity contribution in [2.45, 2.75) is 72.3 Å². The first-order valence-corrected chi connectivity index (χ1v) is 9.84. The van der Waals surface area contributed by atoms with Crippen LogP contribution in [-0.4, -0.2) is 29.7 Å². The first-order valence-electron chi connectivity index (χ1n) is 9.84. The largest absolute Gasteiger partial charge is 0.519 e.